The zero-order valence-corrected chi connectivity index (χ0v) is 22.1. The highest BCUT2D eigenvalue weighted by Crippen LogP contribution is 2.27. The number of allylic oxidation sites excluding steroid dienone is 5. The third kappa shape index (κ3) is 7.32. The first-order valence-corrected chi connectivity index (χ1v) is 12.6. The van der Waals surface area contributed by atoms with Crippen molar-refractivity contribution in [1.29, 1.82) is 0 Å². The van der Waals surface area contributed by atoms with Gasteiger partial charge in [-0.25, -0.2) is 0 Å². The molecule has 1 nitrogen and oxygen atoms in total. The Kier molecular flexibility index (Phi) is 8.73. The quantitative estimate of drug-likeness (QED) is 0.227. The lowest BCUT2D eigenvalue weighted by molar-refractivity contribution is 0.415. The first-order valence-electron chi connectivity index (χ1n) is 12.6. The lowest BCUT2D eigenvalue weighted by Gasteiger charge is -2.10. The van der Waals surface area contributed by atoms with Crippen LogP contribution in [-0.2, 0) is 0 Å². The molecule has 4 aromatic rings. The number of hydrogen-bond acceptors (Lipinski definition) is 1. The molecule has 0 bridgehead atoms. The van der Waals surface area contributed by atoms with Crippen molar-refractivity contribution in [3.8, 4) is 5.75 Å². The molecule has 0 aliphatic rings. The fraction of sp³-hybridized carbons (Fsp3) is 0.111. The van der Waals surface area contributed by atoms with Gasteiger partial charge in [0.25, 0.3) is 0 Å². The van der Waals surface area contributed by atoms with E-state index >= 15 is 0 Å². The largest absolute Gasteiger partial charge is 0.497 e. The molecule has 4 aromatic carbocycles. The van der Waals surface area contributed by atoms with Crippen molar-refractivity contribution in [2.75, 3.05) is 7.11 Å². The minimum absolute atomic E-state index is 0.845. The van der Waals surface area contributed by atoms with Crippen LogP contribution in [0.1, 0.15) is 38.9 Å². The predicted molar refractivity (Wildman–Crippen MR) is 161 cm³/mol. The Bertz CT molecular complexity index is 1450. The van der Waals surface area contributed by atoms with Crippen LogP contribution in [0.5, 0.6) is 5.75 Å². The number of methoxy groups -OCH3 is 1. The first-order chi connectivity index (χ1) is 18.0. The van der Waals surface area contributed by atoms with Gasteiger partial charge >= 0.3 is 0 Å². The molecule has 0 amide bonds. The molecule has 0 fully saturated rings. The number of hydrogen-bond donors (Lipinski definition) is 0. The molecule has 0 aliphatic carbocycles. The fourth-order valence-electron chi connectivity index (χ4n) is 4.14. The van der Waals surface area contributed by atoms with E-state index in [2.05, 4.69) is 142 Å². The summed E-state index contributed by atoms with van der Waals surface area (Å²) in [5.41, 5.74) is 10.7. The van der Waals surface area contributed by atoms with E-state index < -0.39 is 0 Å². The van der Waals surface area contributed by atoms with Crippen molar-refractivity contribution in [2.45, 2.75) is 20.8 Å². The van der Waals surface area contributed by atoms with Crippen molar-refractivity contribution in [1.82, 2.24) is 0 Å². The maximum absolute atomic E-state index is 5.42. The van der Waals surface area contributed by atoms with Crippen molar-refractivity contribution in [3.05, 3.63) is 160 Å². The number of ether oxygens (including phenoxy) is 1. The van der Waals surface area contributed by atoms with Crippen LogP contribution < -0.4 is 4.74 Å². The monoisotopic (exact) mass is 482 g/mol. The third-order valence-corrected chi connectivity index (χ3v) is 6.36. The highest BCUT2D eigenvalue weighted by Gasteiger charge is 2.05. The summed E-state index contributed by atoms with van der Waals surface area (Å²) >= 11 is 0. The second kappa shape index (κ2) is 12.6. The molecule has 0 unspecified atom stereocenters. The summed E-state index contributed by atoms with van der Waals surface area (Å²) in [6.45, 7) is 6.38. The van der Waals surface area contributed by atoms with Crippen molar-refractivity contribution >= 4 is 23.8 Å². The molecular formula is C36H34O. The normalized spacial score (nSPS) is 12.4. The van der Waals surface area contributed by atoms with Crippen molar-refractivity contribution in [2.24, 2.45) is 0 Å². The van der Waals surface area contributed by atoms with E-state index in [1.807, 2.05) is 12.1 Å². The molecule has 0 atom stereocenters. The topological polar surface area (TPSA) is 9.23 Å². The molecule has 0 aliphatic heterocycles. The highest BCUT2D eigenvalue weighted by molar-refractivity contribution is 5.86. The third-order valence-electron chi connectivity index (χ3n) is 6.36. The highest BCUT2D eigenvalue weighted by atomic mass is 16.5. The van der Waals surface area contributed by atoms with E-state index in [-0.39, 0.29) is 0 Å². The Morgan fingerprint density at radius 3 is 1.97 bits per heavy atom. The summed E-state index contributed by atoms with van der Waals surface area (Å²) < 4.78 is 5.42. The first kappa shape index (κ1) is 25.7. The predicted octanol–water partition coefficient (Wildman–Crippen LogP) is 9.51. The van der Waals surface area contributed by atoms with E-state index in [4.69, 9.17) is 4.74 Å². The molecule has 0 saturated heterocycles. The zero-order chi connectivity index (χ0) is 26.0. The van der Waals surface area contributed by atoms with Crippen molar-refractivity contribution < 1.29 is 4.74 Å². The van der Waals surface area contributed by atoms with E-state index in [1.165, 1.54) is 33.4 Å². The maximum Gasteiger partial charge on any atom is 0.118 e. The lowest BCUT2D eigenvalue weighted by atomic mass is 9.96. The minimum Gasteiger partial charge on any atom is -0.497 e. The molecule has 0 aromatic heterocycles. The standard InChI is InChI=1S/C36H34O/c1-27-12-14-30(15-13-27)16-18-33(19-17-31-10-7-8-28(2)26-31)36(34-20-23-35(37-4)24-21-34)25-22-32-11-6-5-9-29(32)3/h5-26H,1-4H3. The Hall–Kier alpha value is -4.36. The zero-order valence-electron chi connectivity index (χ0n) is 22.1. The van der Waals surface area contributed by atoms with E-state index in [0.717, 1.165) is 22.5 Å². The van der Waals surface area contributed by atoms with Gasteiger partial charge in [-0.05, 0) is 71.9 Å². The number of aryl methyl sites for hydroxylation is 3. The summed E-state index contributed by atoms with van der Waals surface area (Å²) in [6.07, 6.45) is 13.2. The average Bonchev–Trinajstić information content (AvgIpc) is 2.92. The molecule has 0 heterocycles. The molecule has 0 spiro atoms. The lowest BCUT2D eigenvalue weighted by Crippen LogP contribution is -1.89. The Balaban J connectivity index is 1.86. The van der Waals surface area contributed by atoms with E-state index in [1.54, 1.807) is 7.11 Å². The molecule has 4 rings (SSSR count). The van der Waals surface area contributed by atoms with Crippen LogP contribution in [0.2, 0.25) is 0 Å². The van der Waals surface area contributed by atoms with Gasteiger partial charge in [-0.3, -0.25) is 0 Å². The summed E-state index contributed by atoms with van der Waals surface area (Å²) in [6, 6.07) is 33.9. The van der Waals surface area contributed by atoms with Crippen LogP contribution in [0.25, 0.3) is 23.8 Å². The van der Waals surface area contributed by atoms with Gasteiger partial charge in [0.05, 0.1) is 7.11 Å². The molecule has 0 radical (unpaired) electrons. The smallest absolute Gasteiger partial charge is 0.118 e. The SMILES string of the molecule is COc1ccc(C(C=Cc2ccccc2C)=C(C=Cc2ccc(C)cc2)C=Cc2cccc(C)c2)cc1. The van der Waals surface area contributed by atoms with E-state index in [0.29, 0.717) is 0 Å². The van der Waals surface area contributed by atoms with Gasteiger partial charge in [0.2, 0.25) is 0 Å². The van der Waals surface area contributed by atoms with Crippen LogP contribution in [0.3, 0.4) is 0 Å². The summed E-state index contributed by atoms with van der Waals surface area (Å²) in [7, 11) is 1.70. The van der Waals surface area contributed by atoms with Crippen LogP contribution in [0.4, 0.5) is 0 Å². The maximum atomic E-state index is 5.42. The molecule has 1 heteroatoms. The molecule has 184 valence electrons. The van der Waals surface area contributed by atoms with Crippen LogP contribution in [0, 0.1) is 20.8 Å². The number of rotatable bonds is 8. The van der Waals surface area contributed by atoms with Gasteiger partial charge in [-0.2, -0.15) is 0 Å². The van der Waals surface area contributed by atoms with Gasteiger partial charge in [-0.1, -0.05) is 133 Å². The summed E-state index contributed by atoms with van der Waals surface area (Å²) in [5, 5.41) is 0. The second-order valence-corrected chi connectivity index (χ2v) is 9.28. The van der Waals surface area contributed by atoms with Gasteiger partial charge < -0.3 is 4.74 Å². The van der Waals surface area contributed by atoms with Crippen LogP contribution in [0.15, 0.2) is 121 Å². The Morgan fingerprint density at radius 1 is 0.595 bits per heavy atom. The molecule has 37 heavy (non-hydrogen) atoms. The second-order valence-electron chi connectivity index (χ2n) is 9.28. The molecule has 0 N–H and O–H groups in total. The van der Waals surface area contributed by atoms with Crippen LogP contribution in [-0.4, -0.2) is 7.11 Å². The van der Waals surface area contributed by atoms with Gasteiger partial charge in [-0.15, -0.1) is 0 Å². The van der Waals surface area contributed by atoms with Crippen LogP contribution >= 0.6 is 0 Å². The summed E-state index contributed by atoms with van der Waals surface area (Å²) in [5.74, 6) is 0.845. The summed E-state index contributed by atoms with van der Waals surface area (Å²) in [4.78, 5) is 0. The van der Waals surface area contributed by atoms with E-state index in [9.17, 15) is 0 Å². The van der Waals surface area contributed by atoms with Gasteiger partial charge in [0, 0.05) is 0 Å². The molecular weight excluding hydrogens is 448 g/mol. The van der Waals surface area contributed by atoms with Gasteiger partial charge in [0.1, 0.15) is 5.75 Å². The fourth-order valence-corrected chi connectivity index (χ4v) is 4.14. The minimum atomic E-state index is 0.845. The Labute approximate surface area is 221 Å². The number of benzene rings is 4. The molecule has 0 saturated carbocycles. The average molecular weight is 483 g/mol. The Morgan fingerprint density at radius 2 is 1.30 bits per heavy atom. The van der Waals surface area contributed by atoms with Crippen molar-refractivity contribution in [3.63, 3.8) is 0 Å². The van der Waals surface area contributed by atoms with Gasteiger partial charge in [0.15, 0.2) is 0 Å².